The third kappa shape index (κ3) is 1.28. The number of hydrogen-bond acceptors (Lipinski definition) is 3. The highest BCUT2D eigenvalue weighted by Crippen LogP contribution is 2.23. The molecule has 2 rings (SSSR count). The third-order valence-electron chi connectivity index (χ3n) is 1.88. The predicted molar refractivity (Wildman–Crippen MR) is 48.4 cm³/mol. The van der Waals surface area contributed by atoms with Crippen LogP contribution in [0.5, 0.6) is 0 Å². The first kappa shape index (κ1) is 8.55. The van der Waals surface area contributed by atoms with Crippen molar-refractivity contribution in [1.82, 2.24) is 4.98 Å². The molecule has 0 bridgehead atoms. The molecule has 4 nitrogen and oxygen atoms in total. The highest BCUT2D eigenvalue weighted by atomic mass is 19.1. The molecule has 0 fully saturated rings. The molecular formula is C9H5FN2O2. The van der Waals surface area contributed by atoms with Gasteiger partial charge in [0.2, 0.25) is 0 Å². The largest absolute Gasteiger partial charge is 0.280 e. The molecule has 0 saturated carbocycles. The van der Waals surface area contributed by atoms with E-state index in [0.717, 1.165) is 6.07 Å². The molecule has 70 valence electrons. The van der Waals surface area contributed by atoms with Gasteiger partial charge in [-0.25, -0.2) is 4.39 Å². The van der Waals surface area contributed by atoms with Crippen molar-refractivity contribution in [3.05, 3.63) is 46.4 Å². The Morgan fingerprint density at radius 1 is 1.36 bits per heavy atom. The van der Waals surface area contributed by atoms with E-state index in [4.69, 9.17) is 0 Å². The zero-order valence-corrected chi connectivity index (χ0v) is 6.98. The molecule has 0 atom stereocenters. The minimum Gasteiger partial charge on any atom is -0.258 e. The highest BCUT2D eigenvalue weighted by Gasteiger charge is 2.11. The Kier molecular flexibility index (Phi) is 1.85. The number of pyridine rings is 1. The van der Waals surface area contributed by atoms with Crippen LogP contribution in [0, 0.1) is 15.9 Å². The van der Waals surface area contributed by atoms with Gasteiger partial charge in [-0.2, -0.15) is 0 Å². The highest BCUT2D eigenvalue weighted by molar-refractivity contribution is 5.87. The first-order chi connectivity index (χ1) is 6.68. The van der Waals surface area contributed by atoms with E-state index in [9.17, 15) is 14.5 Å². The van der Waals surface area contributed by atoms with Crippen molar-refractivity contribution < 1.29 is 9.31 Å². The van der Waals surface area contributed by atoms with Gasteiger partial charge in [0.25, 0.3) is 5.69 Å². The van der Waals surface area contributed by atoms with Crippen LogP contribution in [-0.4, -0.2) is 9.91 Å². The second-order valence-electron chi connectivity index (χ2n) is 2.75. The van der Waals surface area contributed by atoms with E-state index in [-0.39, 0.29) is 11.1 Å². The Balaban J connectivity index is 2.84. The average Bonchev–Trinajstić information content (AvgIpc) is 2.16. The summed E-state index contributed by atoms with van der Waals surface area (Å²) in [7, 11) is 0. The Bertz CT molecular complexity index is 513. The van der Waals surface area contributed by atoms with Crippen molar-refractivity contribution in [3.8, 4) is 0 Å². The number of aromatic nitrogens is 1. The Labute approximate surface area is 78.2 Å². The fraction of sp³-hybridized carbons (Fsp3) is 0. The second-order valence-corrected chi connectivity index (χ2v) is 2.75. The van der Waals surface area contributed by atoms with E-state index in [1.54, 1.807) is 0 Å². The SMILES string of the molecule is O=[N+]([O-])c1ccnc2ccc(F)cc12. The number of nitro groups is 1. The molecule has 14 heavy (non-hydrogen) atoms. The summed E-state index contributed by atoms with van der Waals surface area (Å²) in [5.41, 5.74) is 0.287. The van der Waals surface area contributed by atoms with E-state index in [1.165, 1.54) is 24.4 Å². The number of rotatable bonds is 1. The smallest absolute Gasteiger partial charge is 0.258 e. The minimum absolute atomic E-state index is 0.130. The van der Waals surface area contributed by atoms with Crippen molar-refractivity contribution in [3.63, 3.8) is 0 Å². The molecule has 1 aromatic carbocycles. The molecule has 0 spiro atoms. The molecule has 0 radical (unpaired) electrons. The van der Waals surface area contributed by atoms with Crippen LogP contribution in [-0.2, 0) is 0 Å². The van der Waals surface area contributed by atoms with Crippen LogP contribution >= 0.6 is 0 Å². The standard InChI is InChI=1S/C9H5FN2O2/c10-6-1-2-8-7(5-6)9(12(13)14)3-4-11-8/h1-5H. The molecule has 0 aliphatic carbocycles. The van der Waals surface area contributed by atoms with Crippen LogP contribution < -0.4 is 0 Å². The number of halogens is 1. The minimum atomic E-state index is -0.552. The molecule has 0 aliphatic heterocycles. The predicted octanol–water partition coefficient (Wildman–Crippen LogP) is 2.28. The molecular weight excluding hydrogens is 187 g/mol. The normalized spacial score (nSPS) is 10.4. The summed E-state index contributed by atoms with van der Waals surface area (Å²) in [6, 6.07) is 5.00. The summed E-state index contributed by atoms with van der Waals surface area (Å²) >= 11 is 0. The van der Waals surface area contributed by atoms with Crippen LogP contribution in [0.1, 0.15) is 0 Å². The maximum Gasteiger partial charge on any atom is 0.280 e. The summed E-state index contributed by atoms with van der Waals surface area (Å²) in [6.07, 6.45) is 1.33. The van der Waals surface area contributed by atoms with Gasteiger partial charge in [-0.1, -0.05) is 0 Å². The van der Waals surface area contributed by atoms with Gasteiger partial charge in [0.15, 0.2) is 0 Å². The maximum absolute atomic E-state index is 12.8. The van der Waals surface area contributed by atoms with Crippen LogP contribution in [0.15, 0.2) is 30.5 Å². The zero-order valence-electron chi connectivity index (χ0n) is 6.98. The van der Waals surface area contributed by atoms with Crippen molar-refractivity contribution in [1.29, 1.82) is 0 Å². The first-order valence-corrected chi connectivity index (χ1v) is 3.87. The lowest BCUT2D eigenvalue weighted by Crippen LogP contribution is -1.91. The molecule has 1 aromatic heterocycles. The van der Waals surface area contributed by atoms with E-state index >= 15 is 0 Å². The van der Waals surface area contributed by atoms with Gasteiger partial charge in [-0.3, -0.25) is 15.1 Å². The van der Waals surface area contributed by atoms with Crippen molar-refractivity contribution in [2.45, 2.75) is 0 Å². The summed E-state index contributed by atoms with van der Waals surface area (Å²) in [5.74, 6) is -0.506. The topological polar surface area (TPSA) is 56.0 Å². The number of hydrogen-bond donors (Lipinski definition) is 0. The van der Waals surface area contributed by atoms with E-state index < -0.39 is 10.7 Å². The van der Waals surface area contributed by atoms with Crippen LogP contribution in [0.2, 0.25) is 0 Å². The van der Waals surface area contributed by atoms with Gasteiger partial charge in [-0.15, -0.1) is 0 Å². The van der Waals surface area contributed by atoms with Crippen molar-refractivity contribution in [2.75, 3.05) is 0 Å². The average molecular weight is 192 g/mol. The Morgan fingerprint density at radius 3 is 2.86 bits per heavy atom. The van der Waals surface area contributed by atoms with Gasteiger partial charge in [0, 0.05) is 12.3 Å². The van der Waals surface area contributed by atoms with Crippen LogP contribution in [0.25, 0.3) is 10.9 Å². The Morgan fingerprint density at radius 2 is 2.14 bits per heavy atom. The lowest BCUT2D eigenvalue weighted by Gasteiger charge is -1.97. The van der Waals surface area contributed by atoms with E-state index in [2.05, 4.69) is 4.98 Å². The van der Waals surface area contributed by atoms with Crippen LogP contribution in [0.3, 0.4) is 0 Å². The molecule has 0 N–H and O–H groups in total. The van der Waals surface area contributed by atoms with E-state index in [1.807, 2.05) is 0 Å². The molecule has 5 heteroatoms. The van der Waals surface area contributed by atoms with Gasteiger partial charge < -0.3 is 0 Å². The molecule has 1 heterocycles. The zero-order chi connectivity index (χ0) is 10.1. The summed E-state index contributed by atoms with van der Waals surface area (Å²) < 4.78 is 12.8. The number of benzene rings is 1. The second kappa shape index (κ2) is 3.02. The molecule has 0 unspecified atom stereocenters. The fourth-order valence-corrected chi connectivity index (χ4v) is 1.26. The molecule has 0 amide bonds. The quantitative estimate of drug-likeness (QED) is 0.514. The van der Waals surface area contributed by atoms with Gasteiger partial charge in [0.1, 0.15) is 5.82 Å². The van der Waals surface area contributed by atoms with Crippen molar-refractivity contribution in [2.24, 2.45) is 0 Å². The van der Waals surface area contributed by atoms with Gasteiger partial charge in [0.05, 0.1) is 15.8 Å². The summed E-state index contributed by atoms with van der Waals surface area (Å²) in [4.78, 5) is 13.9. The van der Waals surface area contributed by atoms with E-state index in [0.29, 0.717) is 5.52 Å². The first-order valence-electron chi connectivity index (χ1n) is 3.87. The third-order valence-corrected chi connectivity index (χ3v) is 1.88. The maximum atomic E-state index is 12.8. The molecule has 0 saturated heterocycles. The van der Waals surface area contributed by atoms with Gasteiger partial charge >= 0.3 is 0 Å². The Hall–Kier alpha value is -2.04. The lowest BCUT2D eigenvalue weighted by atomic mass is 10.2. The van der Waals surface area contributed by atoms with Gasteiger partial charge in [-0.05, 0) is 18.2 Å². The monoisotopic (exact) mass is 192 g/mol. The van der Waals surface area contributed by atoms with Crippen LogP contribution in [0.4, 0.5) is 10.1 Å². The van der Waals surface area contributed by atoms with Crippen molar-refractivity contribution >= 4 is 16.6 Å². The fourth-order valence-electron chi connectivity index (χ4n) is 1.26. The number of nitrogens with zero attached hydrogens (tertiary/aromatic N) is 2. The lowest BCUT2D eigenvalue weighted by molar-refractivity contribution is -0.383. The number of fused-ring (bicyclic) bond motifs is 1. The molecule has 2 aromatic rings. The molecule has 0 aliphatic rings. The summed E-state index contributed by atoms with van der Waals surface area (Å²) in [5, 5.41) is 10.8. The summed E-state index contributed by atoms with van der Waals surface area (Å²) in [6.45, 7) is 0.